The molecule has 1 saturated heterocycles. The molecule has 2 N–H and O–H groups in total. The number of rotatable bonds is 6. The molecule has 0 spiro atoms. The van der Waals surface area contributed by atoms with Crippen LogP contribution in [-0.2, 0) is 14.6 Å². The number of nitrogens with zero attached hydrogens (tertiary/aromatic N) is 1. The highest BCUT2D eigenvalue weighted by Gasteiger charge is 2.41. The van der Waals surface area contributed by atoms with Crippen molar-refractivity contribution in [1.82, 2.24) is 10.3 Å². The molecule has 2 aromatic rings. The number of ether oxygens (including phenoxy) is 1. The summed E-state index contributed by atoms with van der Waals surface area (Å²) in [5.74, 6) is 2.41. The average molecular weight is 452 g/mol. The molecule has 0 amide bonds. The monoisotopic (exact) mass is 451 g/mol. The Hall–Kier alpha value is -2.64. The van der Waals surface area contributed by atoms with Crippen molar-refractivity contribution >= 4 is 21.2 Å². The number of sulfone groups is 1. The molecule has 0 saturated carbocycles. The number of fused-ring (bicyclic) bond motifs is 3. The van der Waals surface area contributed by atoms with Gasteiger partial charge in [0.25, 0.3) is 0 Å². The third-order valence-corrected chi connectivity index (χ3v) is 8.37. The number of allylic oxidation sites excluding steroid dienone is 2. The first kappa shape index (κ1) is 21.2. The van der Waals surface area contributed by atoms with Crippen LogP contribution in [0, 0.1) is 12.8 Å². The summed E-state index contributed by atoms with van der Waals surface area (Å²) < 4.78 is 31.3. The zero-order chi connectivity index (χ0) is 22.3. The number of hydrogen-bond donors (Lipinski definition) is 2. The fourth-order valence-corrected chi connectivity index (χ4v) is 5.77. The number of benzene rings is 1. The van der Waals surface area contributed by atoms with E-state index in [1.165, 1.54) is 0 Å². The normalized spacial score (nSPS) is 24.2. The van der Waals surface area contributed by atoms with Crippen molar-refractivity contribution in [2.45, 2.75) is 37.1 Å². The lowest BCUT2D eigenvalue weighted by Gasteiger charge is -2.29. The molecule has 2 unspecified atom stereocenters. The summed E-state index contributed by atoms with van der Waals surface area (Å²) in [6.45, 7) is 6.46. The number of aromatic nitrogens is 1. The first-order valence-electron chi connectivity index (χ1n) is 11.3. The molecule has 0 bridgehead atoms. The van der Waals surface area contributed by atoms with Crippen LogP contribution in [0.15, 0.2) is 59.3 Å². The maximum atomic E-state index is 12.5. The highest BCUT2D eigenvalue weighted by Crippen LogP contribution is 2.48. The maximum Gasteiger partial charge on any atom is 0.178 e. The van der Waals surface area contributed by atoms with Gasteiger partial charge in [0.1, 0.15) is 11.6 Å². The van der Waals surface area contributed by atoms with Gasteiger partial charge in [-0.15, -0.1) is 0 Å². The standard InChI is InChI=1S/C25H29N3O3S/c1-3-32(29,30)19-6-4-5-18(12-19)20-7-8-22(31-15-17-9-10-26-14-17)24-23(20)21-11-16(2)13-27-25(21)28-24/h4-8,11-13,17,23-24,26H,3,9-10,14-15H2,1-2H3,(H,27,28)/t17-,23?,24?/m0/s1. The van der Waals surface area contributed by atoms with Crippen LogP contribution >= 0.6 is 0 Å². The van der Waals surface area contributed by atoms with Crippen molar-refractivity contribution in [2.75, 3.05) is 30.8 Å². The first-order chi connectivity index (χ1) is 15.5. The van der Waals surface area contributed by atoms with E-state index in [0.29, 0.717) is 17.4 Å². The molecule has 2 aliphatic heterocycles. The molecule has 0 radical (unpaired) electrons. The minimum absolute atomic E-state index is 0.0127. The van der Waals surface area contributed by atoms with Crippen LogP contribution in [0.4, 0.5) is 5.82 Å². The van der Waals surface area contributed by atoms with Crippen LogP contribution < -0.4 is 10.6 Å². The molecule has 3 heterocycles. The lowest BCUT2D eigenvalue weighted by molar-refractivity contribution is 0.159. The first-order valence-corrected chi connectivity index (χ1v) is 12.9. The van der Waals surface area contributed by atoms with Crippen molar-refractivity contribution < 1.29 is 13.2 Å². The van der Waals surface area contributed by atoms with Crippen molar-refractivity contribution in [1.29, 1.82) is 0 Å². The van der Waals surface area contributed by atoms with E-state index in [1.54, 1.807) is 19.1 Å². The Morgan fingerprint density at radius 3 is 2.88 bits per heavy atom. The molecule has 3 atom stereocenters. The highest BCUT2D eigenvalue weighted by molar-refractivity contribution is 7.91. The summed E-state index contributed by atoms with van der Waals surface area (Å²) in [6, 6.07) is 9.41. The third-order valence-electron chi connectivity index (χ3n) is 6.64. The summed E-state index contributed by atoms with van der Waals surface area (Å²) in [5, 5.41) is 6.96. The van der Waals surface area contributed by atoms with Crippen molar-refractivity contribution in [3.63, 3.8) is 0 Å². The van der Waals surface area contributed by atoms with Gasteiger partial charge in [0.15, 0.2) is 9.84 Å². The van der Waals surface area contributed by atoms with Crippen LogP contribution in [0.5, 0.6) is 0 Å². The number of nitrogens with one attached hydrogen (secondary N) is 2. The van der Waals surface area contributed by atoms with Gasteiger partial charge in [0.2, 0.25) is 0 Å². The smallest absolute Gasteiger partial charge is 0.178 e. The molecular weight excluding hydrogens is 422 g/mol. The van der Waals surface area contributed by atoms with Crippen LogP contribution in [0.25, 0.3) is 5.57 Å². The molecule has 32 heavy (non-hydrogen) atoms. The van der Waals surface area contributed by atoms with Gasteiger partial charge in [-0.3, -0.25) is 0 Å². The van der Waals surface area contributed by atoms with E-state index in [1.807, 2.05) is 31.3 Å². The molecule has 7 heteroatoms. The summed E-state index contributed by atoms with van der Waals surface area (Å²) in [6.07, 6.45) is 7.12. The van der Waals surface area contributed by atoms with E-state index in [-0.39, 0.29) is 17.7 Å². The molecule has 1 aromatic heterocycles. The zero-order valence-corrected chi connectivity index (χ0v) is 19.3. The van der Waals surface area contributed by atoms with Gasteiger partial charge in [-0.25, -0.2) is 13.4 Å². The van der Waals surface area contributed by atoms with Crippen LogP contribution in [-0.4, -0.2) is 44.9 Å². The van der Waals surface area contributed by atoms with Crippen molar-refractivity contribution in [3.8, 4) is 0 Å². The molecule has 6 nitrogen and oxygen atoms in total. The second-order valence-electron chi connectivity index (χ2n) is 8.84. The van der Waals surface area contributed by atoms with E-state index in [0.717, 1.165) is 53.4 Å². The van der Waals surface area contributed by atoms with Gasteiger partial charge in [-0.05, 0) is 54.8 Å². The number of pyridine rings is 1. The van der Waals surface area contributed by atoms with E-state index in [4.69, 9.17) is 4.74 Å². The minimum atomic E-state index is -3.28. The van der Waals surface area contributed by atoms with Gasteiger partial charge < -0.3 is 15.4 Å². The second-order valence-corrected chi connectivity index (χ2v) is 11.1. The van der Waals surface area contributed by atoms with E-state index < -0.39 is 9.84 Å². The third kappa shape index (κ3) is 3.84. The predicted molar refractivity (Wildman–Crippen MR) is 126 cm³/mol. The van der Waals surface area contributed by atoms with Gasteiger partial charge in [0.05, 0.1) is 23.3 Å². The molecule has 168 valence electrons. The Morgan fingerprint density at radius 2 is 2.09 bits per heavy atom. The minimum Gasteiger partial charge on any atom is -0.495 e. The SMILES string of the molecule is CCS(=O)(=O)c1cccc(C2=CC=C(OC[C@H]3CCNC3)C3Nc4ncc(C)cc4C23)c1. The number of aryl methyl sites for hydroxylation is 1. The van der Waals surface area contributed by atoms with E-state index in [2.05, 4.69) is 27.8 Å². The van der Waals surface area contributed by atoms with Gasteiger partial charge in [-0.1, -0.05) is 31.2 Å². The molecule has 3 aliphatic rings. The van der Waals surface area contributed by atoms with Crippen LogP contribution in [0.1, 0.15) is 36.0 Å². The predicted octanol–water partition coefficient (Wildman–Crippen LogP) is 3.67. The fraction of sp³-hybridized carbons (Fsp3) is 0.400. The Labute approximate surface area is 189 Å². The quantitative estimate of drug-likeness (QED) is 0.698. The van der Waals surface area contributed by atoms with Gasteiger partial charge in [-0.2, -0.15) is 0 Å². The van der Waals surface area contributed by atoms with Crippen molar-refractivity contribution in [3.05, 3.63) is 71.1 Å². The summed E-state index contributed by atoms with van der Waals surface area (Å²) >= 11 is 0. The van der Waals surface area contributed by atoms with Gasteiger partial charge >= 0.3 is 0 Å². The topological polar surface area (TPSA) is 80.3 Å². The molecule has 5 rings (SSSR count). The van der Waals surface area contributed by atoms with Crippen molar-refractivity contribution in [2.24, 2.45) is 5.92 Å². The molecule has 1 fully saturated rings. The summed E-state index contributed by atoms with van der Waals surface area (Å²) in [7, 11) is -3.28. The lowest BCUT2D eigenvalue weighted by atomic mass is 9.80. The summed E-state index contributed by atoms with van der Waals surface area (Å²) in [5.41, 5.74) is 4.22. The largest absolute Gasteiger partial charge is 0.495 e. The highest BCUT2D eigenvalue weighted by atomic mass is 32.2. The Morgan fingerprint density at radius 1 is 1.22 bits per heavy atom. The molecule has 1 aliphatic carbocycles. The van der Waals surface area contributed by atoms with E-state index >= 15 is 0 Å². The van der Waals surface area contributed by atoms with E-state index in [9.17, 15) is 8.42 Å². The Bertz CT molecular complexity index is 1200. The Kier molecular flexibility index (Phi) is 5.55. The summed E-state index contributed by atoms with van der Waals surface area (Å²) in [4.78, 5) is 4.99. The van der Waals surface area contributed by atoms with Crippen LogP contribution in [0.2, 0.25) is 0 Å². The zero-order valence-electron chi connectivity index (χ0n) is 18.5. The number of hydrogen-bond acceptors (Lipinski definition) is 6. The van der Waals surface area contributed by atoms with Crippen LogP contribution in [0.3, 0.4) is 0 Å². The number of anilines is 1. The fourth-order valence-electron chi connectivity index (χ4n) is 4.84. The lowest BCUT2D eigenvalue weighted by Crippen LogP contribution is -2.29. The van der Waals surface area contributed by atoms with Gasteiger partial charge in [0, 0.05) is 30.1 Å². The Balaban J connectivity index is 1.54. The molecule has 1 aromatic carbocycles. The maximum absolute atomic E-state index is 12.5. The molecular formula is C25H29N3O3S. The second kappa shape index (κ2) is 8.37. The average Bonchev–Trinajstić information content (AvgIpc) is 3.45.